The highest BCUT2D eigenvalue weighted by Gasteiger charge is 2.44. The lowest BCUT2D eigenvalue weighted by Gasteiger charge is -2.29. The minimum Gasteiger partial charge on any atom is -0.422 e. The third-order valence-corrected chi connectivity index (χ3v) is 4.01. The van der Waals surface area contributed by atoms with Crippen LogP contribution in [0.3, 0.4) is 0 Å². The molecule has 1 aliphatic rings. The Morgan fingerprint density at radius 1 is 1.40 bits per heavy atom. The van der Waals surface area contributed by atoms with Crippen LogP contribution in [0.15, 0.2) is 24.3 Å². The molecule has 1 aromatic heterocycles. The first-order valence-corrected chi connectivity index (χ1v) is 7.26. The van der Waals surface area contributed by atoms with Gasteiger partial charge >= 0.3 is 6.18 Å². The average Bonchev–Trinajstić information content (AvgIpc) is 2.95. The maximum absolute atomic E-state index is 13.5. The monoisotopic (exact) mass is 350 g/mol. The molecule has 0 amide bonds. The van der Waals surface area contributed by atoms with Crippen molar-refractivity contribution in [2.24, 2.45) is 5.92 Å². The summed E-state index contributed by atoms with van der Waals surface area (Å²) in [5.41, 5.74) is -0.242. The van der Waals surface area contributed by atoms with Gasteiger partial charge in [0.05, 0.1) is 23.9 Å². The van der Waals surface area contributed by atoms with E-state index in [0.717, 1.165) is 6.07 Å². The lowest BCUT2D eigenvalue weighted by Crippen LogP contribution is -2.32. The number of halogens is 3. The summed E-state index contributed by atoms with van der Waals surface area (Å²) in [5, 5.41) is 23.9. The number of fused-ring (bicyclic) bond motifs is 1. The first-order chi connectivity index (χ1) is 11.9. The summed E-state index contributed by atoms with van der Waals surface area (Å²) in [4.78, 5) is 0. The number of hydrogen-bond acceptors (Lipinski definition) is 5. The second kappa shape index (κ2) is 6.22. The molecule has 130 valence electrons. The van der Waals surface area contributed by atoms with Gasteiger partial charge in [0.2, 0.25) is 11.8 Å². The molecule has 0 bridgehead atoms. The van der Waals surface area contributed by atoms with Crippen molar-refractivity contribution in [1.82, 2.24) is 10.2 Å². The molecule has 0 aliphatic carbocycles. The van der Waals surface area contributed by atoms with Gasteiger partial charge in [-0.15, -0.1) is 5.10 Å². The maximum atomic E-state index is 13.5. The van der Waals surface area contributed by atoms with Crippen molar-refractivity contribution < 1.29 is 22.6 Å². The van der Waals surface area contributed by atoms with Crippen LogP contribution in [-0.2, 0) is 17.5 Å². The van der Waals surface area contributed by atoms with Crippen molar-refractivity contribution >= 4 is 5.90 Å². The molecular weight excluding hydrogens is 337 g/mol. The Morgan fingerprint density at radius 2 is 2.12 bits per heavy atom. The Kier molecular flexibility index (Phi) is 4.22. The van der Waals surface area contributed by atoms with Crippen LogP contribution in [-0.4, -0.2) is 23.2 Å². The van der Waals surface area contributed by atoms with Gasteiger partial charge in [-0.1, -0.05) is 18.2 Å². The fourth-order valence-electron chi connectivity index (χ4n) is 3.00. The summed E-state index contributed by atoms with van der Waals surface area (Å²) >= 11 is 0. The van der Waals surface area contributed by atoms with Gasteiger partial charge in [-0.05, 0) is 11.6 Å². The maximum Gasteiger partial charge on any atom is 0.416 e. The summed E-state index contributed by atoms with van der Waals surface area (Å²) in [6.45, 7) is 0.0574. The van der Waals surface area contributed by atoms with E-state index in [-0.39, 0.29) is 18.1 Å². The number of rotatable bonds is 3. The molecule has 0 radical (unpaired) electrons. The summed E-state index contributed by atoms with van der Waals surface area (Å²) in [6, 6.07) is 6.90. The van der Waals surface area contributed by atoms with E-state index in [4.69, 9.17) is 14.9 Å². The second-order valence-corrected chi connectivity index (χ2v) is 5.49. The smallest absolute Gasteiger partial charge is 0.416 e. The number of hydrogen-bond donors (Lipinski definition) is 2. The van der Waals surface area contributed by atoms with Gasteiger partial charge in [0.25, 0.3) is 0 Å². The van der Waals surface area contributed by atoms with Crippen LogP contribution >= 0.6 is 0 Å². The molecule has 3 rings (SSSR count). The van der Waals surface area contributed by atoms with Crippen LogP contribution in [0, 0.1) is 22.7 Å². The standard InChI is InChI=1S/C16H13F3N4O2/c1-24-7-11-13-12(8-4-2-3-5-10(8)16(17,18)19)9(6-20)14(21)25-15(13)23-22-11/h2-5,9,12,21H,7H2,1H3,(H,22,23). The third-order valence-electron chi connectivity index (χ3n) is 4.01. The van der Waals surface area contributed by atoms with Gasteiger partial charge in [0.15, 0.2) is 0 Å². The number of benzene rings is 1. The number of methoxy groups -OCH3 is 1. The van der Waals surface area contributed by atoms with Crippen molar-refractivity contribution in [2.75, 3.05) is 7.11 Å². The van der Waals surface area contributed by atoms with E-state index >= 15 is 0 Å². The number of nitrogens with zero attached hydrogens (tertiary/aromatic N) is 2. The Bertz CT molecular complexity index is 854. The highest BCUT2D eigenvalue weighted by atomic mass is 19.4. The van der Waals surface area contributed by atoms with Gasteiger partial charge in [0, 0.05) is 18.6 Å². The largest absolute Gasteiger partial charge is 0.422 e. The van der Waals surface area contributed by atoms with Gasteiger partial charge in [0.1, 0.15) is 5.92 Å². The first kappa shape index (κ1) is 17.0. The number of ether oxygens (including phenoxy) is 2. The van der Waals surface area contributed by atoms with Crippen LogP contribution < -0.4 is 4.74 Å². The molecule has 1 aliphatic heterocycles. The van der Waals surface area contributed by atoms with Crippen LogP contribution in [0.25, 0.3) is 0 Å². The number of aromatic nitrogens is 2. The summed E-state index contributed by atoms with van der Waals surface area (Å²) < 4.78 is 50.7. The minimum absolute atomic E-state index is 0.00877. The van der Waals surface area contributed by atoms with Crippen molar-refractivity contribution in [3.63, 3.8) is 0 Å². The Hall–Kier alpha value is -2.86. The normalized spacial score (nSPS) is 19.9. The highest BCUT2D eigenvalue weighted by molar-refractivity contribution is 5.85. The molecule has 0 saturated carbocycles. The van der Waals surface area contributed by atoms with Crippen molar-refractivity contribution in [3.8, 4) is 11.9 Å². The van der Waals surface area contributed by atoms with E-state index in [9.17, 15) is 18.4 Å². The molecule has 9 heteroatoms. The number of nitrogens with one attached hydrogen (secondary N) is 2. The molecular formula is C16H13F3N4O2. The Balaban J connectivity index is 2.26. The number of nitriles is 1. The molecule has 2 unspecified atom stereocenters. The van der Waals surface area contributed by atoms with Crippen molar-refractivity contribution in [1.29, 1.82) is 10.7 Å². The molecule has 0 fully saturated rings. The fraction of sp³-hybridized carbons (Fsp3) is 0.312. The number of aromatic amines is 1. The Labute approximate surface area is 140 Å². The van der Waals surface area contributed by atoms with E-state index in [1.54, 1.807) is 0 Å². The van der Waals surface area contributed by atoms with E-state index in [1.165, 1.54) is 25.3 Å². The van der Waals surface area contributed by atoms with Gasteiger partial charge in [-0.2, -0.15) is 18.4 Å². The van der Waals surface area contributed by atoms with E-state index in [0.29, 0.717) is 11.3 Å². The van der Waals surface area contributed by atoms with Crippen LogP contribution in [0.2, 0.25) is 0 Å². The van der Waals surface area contributed by atoms with Crippen molar-refractivity contribution in [2.45, 2.75) is 18.7 Å². The highest BCUT2D eigenvalue weighted by Crippen LogP contribution is 2.46. The van der Waals surface area contributed by atoms with E-state index < -0.39 is 29.5 Å². The molecule has 2 heterocycles. The van der Waals surface area contributed by atoms with E-state index in [2.05, 4.69) is 10.2 Å². The fourth-order valence-corrected chi connectivity index (χ4v) is 3.00. The lowest BCUT2D eigenvalue weighted by molar-refractivity contribution is -0.138. The molecule has 2 N–H and O–H groups in total. The van der Waals surface area contributed by atoms with Crippen LogP contribution in [0.1, 0.15) is 28.3 Å². The molecule has 1 aromatic carbocycles. The quantitative estimate of drug-likeness (QED) is 0.888. The minimum atomic E-state index is -4.59. The zero-order chi connectivity index (χ0) is 18.2. The summed E-state index contributed by atoms with van der Waals surface area (Å²) in [7, 11) is 1.43. The second-order valence-electron chi connectivity index (χ2n) is 5.49. The van der Waals surface area contributed by atoms with E-state index in [1.807, 2.05) is 6.07 Å². The molecule has 6 nitrogen and oxygen atoms in total. The molecule has 2 atom stereocenters. The zero-order valence-corrected chi connectivity index (χ0v) is 13.0. The van der Waals surface area contributed by atoms with Crippen molar-refractivity contribution in [3.05, 3.63) is 46.6 Å². The molecule has 2 aromatic rings. The molecule has 0 spiro atoms. The van der Waals surface area contributed by atoms with Gasteiger partial charge < -0.3 is 9.47 Å². The van der Waals surface area contributed by atoms with Gasteiger partial charge in [-0.3, -0.25) is 10.5 Å². The SMILES string of the molecule is COCc1[nH]nc2c1C(c1ccccc1C(F)(F)F)C(C#N)C(=N)O2. The predicted molar refractivity (Wildman–Crippen MR) is 80.0 cm³/mol. The summed E-state index contributed by atoms with van der Waals surface area (Å²) in [6.07, 6.45) is -4.59. The third kappa shape index (κ3) is 2.85. The lowest BCUT2D eigenvalue weighted by atomic mass is 9.77. The Morgan fingerprint density at radius 3 is 2.76 bits per heavy atom. The summed E-state index contributed by atoms with van der Waals surface area (Å²) in [5.74, 6) is -2.69. The molecule has 0 saturated heterocycles. The first-order valence-electron chi connectivity index (χ1n) is 7.26. The van der Waals surface area contributed by atoms with Crippen LogP contribution in [0.5, 0.6) is 5.88 Å². The number of H-pyrrole nitrogens is 1. The predicted octanol–water partition coefficient (Wildman–Crippen LogP) is 3.22. The number of alkyl halides is 3. The zero-order valence-electron chi connectivity index (χ0n) is 13.0. The van der Waals surface area contributed by atoms with Crippen LogP contribution in [0.4, 0.5) is 13.2 Å². The average molecular weight is 350 g/mol. The topological polar surface area (TPSA) is 94.8 Å². The van der Waals surface area contributed by atoms with Gasteiger partial charge in [-0.25, -0.2) is 0 Å². The molecule has 25 heavy (non-hydrogen) atoms.